The number of rotatable bonds is 7. The summed E-state index contributed by atoms with van der Waals surface area (Å²) in [4.78, 5) is 12.6. The van der Waals surface area contributed by atoms with Crippen molar-refractivity contribution in [2.24, 2.45) is 0 Å². The van der Waals surface area contributed by atoms with Crippen LogP contribution in [0.1, 0.15) is 22.3 Å². The van der Waals surface area contributed by atoms with Gasteiger partial charge in [0.05, 0.1) is 29.5 Å². The Kier molecular flexibility index (Phi) is 7.03. The third-order valence-electron chi connectivity index (χ3n) is 5.76. The number of aryl methyl sites for hydroxylation is 1. The number of nitrogens with one attached hydrogen (secondary N) is 1. The van der Waals surface area contributed by atoms with Crippen LogP contribution in [0, 0.1) is 0 Å². The van der Waals surface area contributed by atoms with Crippen molar-refractivity contribution in [3.05, 3.63) is 59.7 Å². The van der Waals surface area contributed by atoms with E-state index in [1.165, 1.54) is 32.9 Å². The number of morpholine rings is 1. The Labute approximate surface area is 194 Å². The van der Waals surface area contributed by atoms with Crippen LogP contribution in [0.5, 0.6) is 0 Å². The fourth-order valence-electron chi connectivity index (χ4n) is 4.02. The molecule has 2 aliphatic heterocycles. The van der Waals surface area contributed by atoms with E-state index in [0.717, 1.165) is 12.0 Å². The largest absolute Gasteiger partial charge is 0.379 e. The molecule has 2 aliphatic rings. The number of sulfonamides is 2. The van der Waals surface area contributed by atoms with Crippen molar-refractivity contribution >= 4 is 31.6 Å². The number of fused-ring (bicyclic) bond motifs is 1. The molecule has 0 aromatic heterocycles. The van der Waals surface area contributed by atoms with Gasteiger partial charge < -0.3 is 10.1 Å². The summed E-state index contributed by atoms with van der Waals surface area (Å²) in [5, 5.41) is 2.58. The van der Waals surface area contributed by atoms with Crippen LogP contribution in [0.4, 0.5) is 5.69 Å². The zero-order chi connectivity index (χ0) is 23.5. The first-order valence-corrected chi connectivity index (χ1v) is 13.9. The molecule has 1 fully saturated rings. The molecule has 11 heteroatoms. The van der Waals surface area contributed by atoms with Gasteiger partial charge in [0.1, 0.15) is 0 Å². The second-order valence-electron chi connectivity index (χ2n) is 7.92. The first-order chi connectivity index (χ1) is 15.8. The van der Waals surface area contributed by atoms with E-state index in [4.69, 9.17) is 4.74 Å². The highest BCUT2D eigenvalue weighted by Crippen LogP contribution is 2.31. The molecule has 178 valence electrons. The third kappa shape index (κ3) is 5.21. The number of hydrogen-bond acceptors (Lipinski definition) is 6. The lowest BCUT2D eigenvalue weighted by molar-refractivity contribution is 0.0730. The predicted octanol–water partition coefficient (Wildman–Crippen LogP) is 1.22. The number of anilines is 1. The number of benzene rings is 2. The topological polar surface area (TPSA) is 113 Å². The van der Waals surface area contributed by atoms with Crippen molar-refractivity contribution in [1.29, 1.82) is 0 Å². The van der Waals surface area contributed by atoms with Gasteiger partial charge in [0.2, 0.25) is 10.0 Å². The van der Waals surface area contributed by atoms with E-state index in [1.807, 2.05) is 18.2 Å². The summed E-state index contributed by atoms with van der Waals surface area (Å²) >= 11 is 0. The molecule has 1 N–H and O–H groups in total. The maximum absolute atomic E-state index is 13.3. The number of carbonyl (C=O) groups is 1. The number of hydrogen-bond donors (Lipinski definition) is 1. The summed E-state index contributed by atoms with van der Waals surface area (Å²) < 4.78 is 59.4. The molecule has 2 heterocycles. The lowest BCUT2D eigenvalue weighted by Crippen LogP contribution is -2.43. The number of amides is 1. The zero-order valence-corrected chi connectivity index (χ0v) is 19.8. The highest BCUT2D eigenvalue weighted by atomic mass is 32.2. The van der Waals surface area contributed by atoms with Gasteiger partial charge in [-0.25, -0.2) is 16.8 Å². The first kappa shape index (κ1) is 23.7. The van der Waals surface area contributed by atoms with Crippen LogP contribution in [-0.4, -0.2) is 72.2 Å². The highest BCUT2D eigenvalue weighted by molar-refractivity contribution is 7.92. The van der Waals surface area contributed by atoms with Crippen molar-refractivity contribution in [2.45, 2.75) is 17.7 Å². The predicted molar refractivity (Wildman–Crippen MR) is 124 cm³/mol. The number of nitrogens with zero attached hydrogens (tertiary/aromatic N) is 2. The maximum atomic E-state index is 13.3. The van der Waals surface area contributed by atoms with Crippen molar-refractivity contribution in [3.63, 3.8) is 0 Å². The molecule has 1 amide bonds. The smallest absolute Gasteiger partial charge is 0.264 e. The monoisotopic (exact) mass is 493 g/mol. The van der Waals surface area contributed by atoms with E-state index in [9.17, 15) is 21.6 Å². The van der Waals surface area contributed by atoms with E-state index in [-0.39, 0.29) is 22.8 Å². The van der Waals surface area contributed by atoms with Gasteiger partial charge in [0.15, 0.2) is 0 Å². The van der Waals surface area contributed by atoms with Crippen LogP contribution < -0.4 is 9.62 Å². The van der Waals surface area contributed by atoms with Gasteiger partial charge in [-0.1, -0.05) is 24.3 Å². The van der Waals surface area contributed by atoms with Crippen LogP contribution in [0.2, 0.25) is 0 Å². The summed E-state index contributed by atoms with van der Waals surface area (Å²) in [7, 11) is -7.35. The number of para-hydroxylation sites is 1. The molecule has 0 aliphatic carbocycles. The van der Waals surface area contributed by atoms with Gasteiger partial charge in [-0.05, 0) is 42.7 Å². The lowest BCUT2D eigenvalue weighted by atomic mass is 10.0. The molecular weight excluding hydrogens is 466 g/mol. The molecule has 0 spiro atoms. The fourth-order valence-corrected chi connectivity index (χ4v) is 6.93. The molecule has 0 unspecified atom stereocenters. The second-order valence-corrected chi connectivity index (χ2v) is 11.9. The minimum Gasteiger partial charge on any atom is -0.379 e. The summed E-state index contributed by atoms with van der Waals surface area (Å²) in [5.74, 6) is -0.760. The minimum absolute atomic E-state index is 0.0211. The highest BCUT2D eigenvalue weighted by Gasteiger charge is 2.29. The Morgan fingerprint density at radius 2 is 1.73 bits per heavy atom. The molecule has 2 aromatic carbocycles. The molecule has 0 saturated carbocycles. The normalized spacial score (nSPS) is 17.4. The second kappa shape index (κ2) is 9.80. The zero-order valence-electron chi connectivity index (χ0n) is 18.1. The Bertz CT molecular complexity index is 1220. The maximum Gasteiger partial charge on any atom is 0.264 e. The van der Waals surface area contributed by atoms with E-state index >= 15 is 0 Å². The van der Waals surface area contributed by atoms with Crippen LogP contribution >= 0.6 is 0 Å². The average Bonchev–Trinajstić information content (AvgIpc) is 2.84. The Balaban J connectivity index is 1.45. The number of carbonyl (C=O) groups excluding carboxylic acids is 1. The van der Waals surface area contributed by atoms with Crippen molar-refractivity contribution in [3.8, 4) is 0 Å². The molecule has 0 bridgehead atoms. The molecule has 0 atom stereocenters. The average molecular weight is 494 g/mol. The molecule has 1 saturated heterocycles. The van der Waals surface area contributed by atoms with Gasteiger partial charge in [0, 0.05) is 31.7 Å². The molecule has 0 radical (unpaired) electrons. The standard InChI is InChI=1S/C22H27N3O6S2/c26-22(23-10-16-32(27,28)24-12-14-31-15-13-24)19-6-3-8-20(17-19)33(29,30)25-11-4-7-18-5-1-2-9-21(18)25/h1-3,5-6,8-9,17H,4,7,10-16H2,(H,23,26). The van der Waals surface area contributed by atoms with E-state index in [0.29, 0.717) is 45.0 Å². The van der Waals surface area contributed by atoms with Crippen molar-refractivity contribution < 1.29 is 26.4 Å². The Morgan fingerprint density at radius 3 is 2.52 bits per heavy atom. The first-order valence-electron chi connectivity index (χ1n) is 10.8. The third-order valence-corrected chi connectivity index (χ3v) is 9.44. The van der Waals surface area contributed by atoms with Crippen molar-refractivity contribution in [1.82, 2.24) is 9.62 Å². The fraction of sp³-hybridized carbons (Fsp3) is 0.409. The van der Waals surface area contributed by atoms with Gasteiger partial charge >= 0.3 is 0 Å². The molecular formula is C22H27N3O6S2. The molecule has 2 aromatic rings. The summed E-state index contributed by atoms with van der Waals surface area (Å²) in [6, 6.07) is 13.2. The van der Waals surface area contributed by atoms with E-state index in [1.54, 1.807) is 6.07 Å². The SMILES string of the molecule is O=C(NCCS(=O)(=O)N1CCOCC1)c1cccc(S(=O)(=O)N2CCCc3ccccc32)c1. The minimum atomic E-state index is -3.85. The lowest BCUT2D eigenvalue weighted by Gasteiger charge is -2.30. The van der Waals surface area contributed by atoms with Crippen molar-refractivity contribution in [2.75, 3.05) is 49.5 Å². The number of ether oxygens (including phenoxy) is 1. The van der Waals surface area contributed by atoms with Gasteiger partial charge in [-0.3, -0.25) is 9.10 Å². The van der Waals surface area contributed by atoms with Crippen LogP contribution in [0.15, 0.2) is 53.4 Å². The molecule has 4 rings (SSSR count). The Hall–Kier alpha value is -2.47. The van der Waals surface area contributed by atoms with E-state index in [2.05, 4.69) is 5.32 Å². The molecule has 33 heavy (non-hydrogen) atoms. The Morgan fingerprint density at radius 1 is 0.970 bits per heavy atom. The van der Waals surface area contributed by atoms with Gasteiger partial charge in [-0.2, -0.15) is 4.31 Å². The summed E-state index contributed by atoms with van der Waals surface area (Å²) in [6.07, 6.45) is 1.53. The van der Waals surface area contributed by atoms with Gasteiger partial charge in [0.25, 0.3) is 15.9 Å². The summed E-state index contributed by atoms with van der Waals surface area (Å²) in [6.45, 7) is 1.61. The molecule has 9 nitrogen and oxygen atoms in total. The van der Waals surface area contributed by atoms with Crippen LogP contribution in [-0.2, 0) is 31.2 Å². The van der Waals surface area contributed by atoms with E-state index < -0.39 is 26.0 Å². The van der Waals surface area contributed by atoms with Gasteiger partial charge in [-0.15, -0.1) is 0 Å². The summed E-state index contributed by atoms with van der Waals surface area (Å²) in [5.41, 5.74) is 1.79. The quantitative estimate of drug-likeness (QED) is 0.621. The van der Waals surface area contributed by atoms with Crippen LogP contribution in [0.3, 0.4) is 0 Å². The van der Waals surface area contributed by atoms with Crippen LogP contribution in [0.25, 0.3) is 0 Å².